The summed E-state index contributed by atoms with van der Waals surface area (Å²) in [7, 11) is 0. The third-order valence-corrected chi connectivity index (χ3v) is 4.24. The van der Waals surface area contributed by atoms with Crippen LogP contribution < -0.4 is 5.32 Å². The molecule has 0 spiro atoms. The summed E-state index contributed by atoms with van der Waals surface area (Å²) in [5.74, 6) is 0.629. The molecule has 0 saturated heterocycles. The molecule has 4 rings (SSSR count). The van der Waals surface area contributed by atoms with Gasteiger partial charge in [-0.2, -0.15) is 9.61 Å². The van der Waals surface area contributed by atoms with Crippen molar-refractivity contribution >= 4 is 17.2 Å². The first-order valence-electron chi connectivity index (χ1n) is 8.88. The standard InChI is InChI=1S/C21H18N6O/c1-2-3-4-20(28)23-17-7-5-15(6-8-17)18-9-10-19-24-25-21(27(19)26-18)16-11-13-22-14-12-16/h2,5-14H,1,3-4H2,(H,23,28). The van der Waals surface area contributed by atoms with Crippen LogP contribution in [0.5, 0.6) is 0 Å². The Balaban J connectivity index is 1.61. The van der Waals surface area contributed by atoms with Gasteiger partial charge in [0.2, 0.25) is 5.91 Å². The van der Waals surface area contributed by atoms with Gasteiger partial charge in [0.05, 0.1) is 5.69 Å². The number of aromatic nitrogens is 5. The van der Waals surface area contributed by atoms with Gasteiger partial charge in [-0.1, -0.05) is 18.2 Å². The Morgan fingerprint density at radius 1 is 1.00 bits per heavy atom. The fraction of sp³-hybridized carbons (Fsp3) is 0.0952. The lowest BCUT2D eigenvalue weighted by atomic mass is 10.1. The molecule has 7 heteroatoms. The average Bonchev–Trinajstić information content (AvgIpc) is 3.17. The van der Waals surface area contributed by atoms with Crippen LogP contribution in [0.15, 0.2) is 73.6 Å². The molecule has 1 N–H and O–H groups in total. The molecule has 0 unspecified atom stereocenters. The third-order valence-electron chi connectivity index (χ3n) is 4.24. The van der Waals surface area contributed by atoms with E-state index in [2.05, 4.69) is 32.2 Å². The van der Waals surface area contributed by atoms with Gasteiger partial charge in [0.1, 0.15) is 0 Å². The smallest absolute Gasteiger partial charge is 0.224 e. The zero-order chi connectivity index (χ0) is 19.3. The minimum absolute atomic E-state index is 0.0290. The van der Waals surface area contributed by atoms with Crippen molar-refractivity contribution < 1.29 is 4.79 Å². The van der Waals surface area contributed by atoms with Crippen LogP contribution in [0.4, 0.5) is 5.69 Å². The second-order valence-electron chi connectivity index (χ2n) is 6.20. The number of nitrogens with one attached hydrogen (secondary N) is 1. The third kappa shape index (κ3) is 3.64. The van der Waals surface area contributed by atoms with Gasteiger partial charge < -0.3 is 5.32 Å². The van der Waals surface area contributed by atoms with Crippen LogP contribution >= 0.6 is 0 Å². The zero-order valence-electron chi connectivity index (χ0n) is 15.1. The Morgan fingerprint density at radius 3 is 2.54 bits per heavy atom. The van der Waals surface area contributed by atoms with E-state index in [9.17, 15) is 4.79 Å². The number of rotatable bonds is 6. The average molecular weight is 370 g/mol. The number of nitrogens with zero attached hydrogens (tertiary/aromatic N) is 5. The lowest BCUT2D eigenvalue weighted by Gasteiger charge is -2.07. The van der Waals surface area contributed by atoms with Gasteiger partial charge >= 0.3 is 0 Å². The molecule has 0 fully saturated rings. The highest BCUT2D eigenvalue weighted by Crippen LogP contribution is 2.22. The van der Waals surface area contributed by atoms with Crippen LogP contribution in [0.3, 0.4) is 0 Å². The van der Waals surface area contributed by atoms with E-state index >= 15 is 0 Å². The summed E-state index contributed by atoms with van der Waals surface area (Å²) in [6.07, 6.45) is 6.24. The van der Waals surface area contributed by atoms with Crippen LogP contribution in [0.25, 0.3) is 28.3 Å². The molecule has 1 aromatic carbocycles. The molecular formula is C21H18N6O. The summed E-state index contributed by atoms with van der Waals surface area (Å²) < 4.78 is 1.72. The fourth-order valence-corrected chi connectivity index (χ4v) is 2.80. The Hall–Kier alpha value is -3.87. The van der Waals surface area contributed by atoms with Crippen LogP contribution in [0.1, 0.15) is 12.8 Å². The summed E-state index contributed by atoms with van der Waals surface area (Å²) in [6, 6.07) is 15.1. The van der Waals surface area contributed by atoms with Gasteiger partial charge in [-0.3, -0.25) is 9.78 Å². The number of anilines is 1. The van der Waals surface area contributed by atoms with E-state index in [-0.39, 0.29) is 5.91 Å². The molecule has 0 bridgehead atoms. The quantitative estimate of drug-likeness (QED) is 0.522. The van der Waals surface area contributed by atoms with E-state index in [1.165, 1.54) is 0 Å². The monoisotopic (exact) mass is 370 g/mol. The maximum Gasteiger partial charge on any atom is 0.224 e. The molecule has 3 aromatic heterocycles. The highest BCUT2D eigenvalue weighted by molar-refractivity contribution is 5.91. The number of benzene rings is 1. The first-order chi connectivity index (χ1) is 13.7. The molecular weight excluding hydrogens is 352 g/mol. The molecule has 0 aliphatic heterocycles. The summed E-state index contributed by atoms with van der Waals surface area (Å²) in [4.78, 5) is 15.9. The molecule has 0 saturated carbocycles. The second kappa shape index (κ2) is 7.79. The van der Waals surface area contributed by atoms with Gasteiger partial charge in [0.25, 0.3) is 0 Å². The van der Waals surface area contributed by atoms with Crippen molar-refractivity contribution in [2.45, 2.75) is 12.8 Å². The van der Waals surface area contributed by atoms with Crippen LogP contribution in [-0.2, 0) is 4.79 Å². The molecule has 0 aliphatic rings. The predicted octanol–water partition coefficient (Wildman–Crippen LogP) is 3.76. The van der Waals surface area contributed by atoms with Gasteiger partial charge in [-0.25, -0.2) is 0 Å². The number of pyridine rings is 1. The number of amides is 1. The number of fused-ring (bicyclic) bond motifs is 1. The van der Waals surface area contributed by atoms with Crippen molar-refractivity contribution in [1.82, 2.24) is 24.8 Å². The molecule has 1 amide bonds. The number of carbonyl (C=O) groups is 1. The zero-order valence-corrected chi connectivity index (χ0v) is 15.1. The summed E-state index contributed by atoms with van der Waals surface area (Å²) in [6.45, 7) is 3.63. The van der Waals surface area contributed by atoms with E-state index in [1.54, 1.807) is 23.0 Å². The number of allylic oxidation sites excluding steroid dienone is 1. The van der Waals surface area contributed by atoms with Gasteiger partial charge in [-0.15, -0.1) is 16.8 Å². The van der Waals surface area contributed by atoms with E-state index in [0.717, 1.165) is 22.5 Å². The van der Waals surface area contributed by atoms with Crippen molar-refractivity contribution in [1.29, 1.82) is 0 Å². The molecule has 4 aromatic rings. The minimum Gasteiger partial charge on any atom is -0.326 e. The first-order valence-corrected chi connectivity index (χ1v) is 8.88. The molecule has 0 radical (unpaired) electrons. The first kappa shape index (κ1) is 17.5. The van der Waals surface area contributed by atoms with Crippen LogP contribution in [0, 0.1) is 0 Å². The van der Waals surface area contributed by atoms with Crippen molar-refractivity contribution in [2.75, 3.05) is 5.32 Å². The topological polar surface area (TPSA) is 85.1 Å². The maximum atomic E-state index is 11.8. The van der Waals surface area contributed by atoms with Crippen molar-refractivity contribution in [3.8, 4) is 22.6 Å². The Morgan fingerprint density at radius 2 is 1.79 bits per heavy atom. The fourth-order valence-electron chi connectivity index (χ4n) is 2.80. The molecule has 0 atom stereocenters. The number of hydrogen-bond donors (Lipinski definition) is 1. The van der Waals surface area contributed by atoms with Crippen LogP contribution in [0.2, 0.25) is 0 Å². The predicted molar refractivity (Wildman–Crippen MR) is 108 cm³/mol. The Bertz CT molecular complexity index is 1120. The number of carbonyl (C=O) groups excluding carboxylic acids is 1. The normalized spacial score (nSPS) is 10.7. The highest BCUT2D eigenvalue weighted by Gasteiger charge is 2.11. The molecule has 0 aliphatic carbocycles. The minimum atomic E-state index is -0.0290. The highest BCUT2D eigenvalue weighted by atomic mass is 16.1. The van der Waals surface area contributed by atoms with Gasteiger partial charge in [-0.05, 0) is 42.8 Å². The van der Waals surface area contributed by atoms with Crippen molar-refractivity contribution in [3.05, 3.63) is 73.6 Å². The SMILES string of the molecule is C=CCCC(=O)Nc1ccc(-c2ccc3nnc(-c4ccncc4)n3n2)cc1. The van der Waals surface area contributed by atoms with E-state index in [0.29, 0.717) is 24.3 Å². The van der Waals surface area contributed by atoms with Gasteiger partial charge in [0.15, 0.2) is 11.5 Å². The van der Waals surface area contributed by atoms with Crippen LogP contribution in [-0.4, -0.2) is 30.7 Å². The van der Waals surface area contributed by atoms with E-state index in [1.807, 2.05) is 48.5 Å². The van der Waals surface area contributed by atoms with Gasteiger partial charge in [0, 0.05) is 35.6 Å². The van der Waals surface area contributed by atoms with Crippen molar-refractivity contribution in [3.63, 3.8) is 0 Å². The summed E-state index contributed by atoms with van der Waals surface area (Å²) in [5, 5.41) is 16.0. The van der Waals surface area contributed by atoms with E-state index in [4.69, 9.17) is 0 Å². The lowest BCUT2D eigenvalue weighted by molar-refractivity contribution is -0.116. The molecule has 3 heterocycles. The summed E-state index contributed by atoms with van der Waals surface area (Å²) in [5.41, 5.74) is 4.03. The molecule has 28 heavy (non-hydrogen) atoms. The lowest BCUT2D eigenvalue weighted by Crippen LogP contribution is -2.10. The van der Waals surface area contributed by atoms with Crippen molar-refractivity contribution in [2.24, 2.45) is 0 Å². The largest absolute Gasteiger partial charge is 0.326 e. The molecule has 138 valence electrons. The number of hydrogen-bond acceptors (Lipinski definition) is 5. The second-order valence-corrected chi connectivity index (χ2v) is 6.20. The Labute approximate surface area is 161 Å². The summed E-state index contributed by atoms with van der Waals surface area (Å²) >= 11 is 0. The van der Waals surface area contributed by atoms with E-state index < -0.39 is 0 Å². The Kier molecular flexibility index (Phi) is 4.88. The maximum absolute atomic E-state index is 11.8. The molecule has 7 nitrogen and oxygen atoms in total.